The van der Waals surface area contributed by atoms with E-state index >= 15 is 0 Å². The van der Waals surface area contributed by atoms with E-state index in [1.54, 1.807) is 13.2 Å². The number of phenols is 1. The number of halogens is 1. The Morgan fingerprint density at radius 2 is 2.00 bits per heavy atom. The van der Waals surface area contributed by atoms with Crippen LogP contribution >= 0.6 is 12.4 Å². The molecule has 0 aliphatic carbocycles. The largest absolute Gasteiger partial charge is 0.504 e. The third-order valence-corrected chi connectivity index (χ3v) is 5.25. The second-order valence-corrected chi connectivity index (χ2v) is 7.01. The average molecular weight is 389 g/mol. The number of phenolic OH excluding ortho intramolecular Hbond substituents is 1. The molecule has 27 heavy (non-hydrogen) atoms. The summed E-state index contributed by atoms with van der Waals surface area (Å²) in [5.74, 6) is 1.66. The van der Waals surface area contributed by atoms with Crippen molar-refractivity contribution in [1.82, 2.24) is 4.90 Å². The molecule has 0 radical (unpaired) electrons. The number of ether oxygens (including phenoxy) is 1. The van der Waals surface area contributed by atoms with Crippen LogP contribution in [0.1, 0.15) is 22.6 Å². The fourth-order valence-corrected chi connectivity index (χ4v) is 3.95. The normalized spacial score (nSPS) is 19.5. The van der Waals surface area contributed by atoms with Gasteiger partial charge in [-0.15, -0.1) is 19.0 Å². The minimum atomic E-state index is 0. The summed E-state index contributed by atoms with van der Waals surface area (Å²) in [5, 5.41) is 10.3. The number of nitrogens with two attached hydrogens (primary N) is 1. The maximum absolute atomic E-state index is 10.3. The molecule has 1 heterocycles. The summed E-state index contributed by atoms with van der Waals surface area (Å²) >= 11 is 0. The van der Waals surface area contributed by atoms with Crippen LogP contribution < -0.4 is 10.5 Å². The molecule has 3 N–H and O–H groups in total. The minimum Gasteiger partial charge on any atom is -0.504 e. The van der Waals surface area contributed by atoms with Gasteiger partial charge in [-0.3, -0.25) is 4.90 Å². The number of benzene rings is 2. The van der Waals surface area contributed by atoms with Crippen molar-refractivity contribution in [1.29, 1.82) is 0 Å². The van der Waals surface area contributed by atoms with Gasteiger partial charge in [0.2, 0.25) is 0 Å². The van der Waals surface area contributed by atoms with Crippen LogP contribution in [0.4, 0.5) is 0 Å². The maximum atomic E-state index is 10.3. The summed E-state index contributed by atoms with van der Waals surface area (Å²) in [6.45, 7) is 7.26. The first-order valence-electron chi connectivity index (χ1n) is 9.13. The Labute approximate surface area is 168 Å². The van der Waals surface area contributed by atoms with Crippen molar-refractivity contribution in [3.05, 3.63) is 71.8 Å². The highest BCUT2D eigenvalue weighted by molar-refractivity contribution is 5.85. The number of likely N-dealkylation sites (tertiary alicyclic amines) is 1. The molecule has 0 spiro atoms. The Kier molecular flexibility index (Phi) is 7.72. The number of nitrogens with zero attached hydrogens (tertiary/aromatic N) is 1. The Morgan fingerprint density at radius 3 is 2.63 bits per heavy atom. The molecule has 3 rings (SSSR count). The highest BCUT2D eigenvalue weighted by Crippen LogP contribution is 2.35. The molecule has 5 heteroatoms. The van der Waals surface area contributed by atoms with Crippen LogP contribution in [0.25, 0.3) is 0 Å². The number of hydrogen-bond acceptors (Lipinski definition) is 4. The van der Waals surface area contributed by atoms with E-state index in [-0.39, 0.29) is 18.2 Å². The van der Waals surface area contributed by atoms with Crippen LogP contribution in [0.2, 0.25) is 0 Å². The molecule has 1 fully saturated rings. The van der Waals surface area contributed by atoms with Gasteiger partial charge in [0, 0.05) is 31.1 Å². The maximum Gasteiger partial charge on any atom is 0.161 e. The smallest absolute Gasteiger partial charge is 0.161 e. The summed E-state index contributed by atoms with van der Waals surface area (Å²) in [6, 6.07) is 14.6. The van der Waals surface area contributed by atoms with Crippen molar-refractivity contribution in [2.75, 3.05) is 26.7 Å². The second kappa shape index (κ2) is 9.79. The fraction of sp³-hybridized carbons (Fsp3) is 0.364. The molecule has 146 valence electrons. The number of aromatic hydroxyl groups is 1. The highest BCUT2D eigenvalue weighted by atomic mass is 35.5. The second-order valence-electron chi connectivity index (χ2n) is 7.01. The summed E-state index contributed by atoms with van der Waals surface area (Å²) in [6.07, 6.45) is 2.41. The van der Waals surface area contributed by atoms with Crippen molar-refractivity contribution < 1.29 is 9.84 Å². The molecule has 0 aromatic heterocycles. The molecule has 2 aromatic rings. The van der Waals surface area contributed by atoms with E-state index in [4.69, 9.17) is 10.5 Å². The van der Waals surface area contributed by atoms with E-state index in [2.05, 4.69) is 41.8 Å². The van der Waals surface area contributed by atoms with E-state index in [0.717, 1.165) is 30.8 Å². The summed E-state index contributed by atoms with van der Waals surface area (Å²) < 4.78 is 5.35. The number of methoxy groups -OCH3 is 1. The van der Waals surface area contributed by atoms with Crippen molar-refractivity contribution in [3.8, 4) is 11.5 Å². The van der Waals surface area contributed by atoms with Gasteiger partial charge in [0.05, 0.1) is 7.11 Å². The zero-order valence-electron chi connectivity index (χ0n) is 15.8. The van der Waals surface area contributed by atoms with E-state index in [0.29, 0.717) is 30.6 Å². The first-order chi connectivity index (χ1) is 12.7. The third-order valence-electron chi connectivity index (χ3n) is 5.25. The Morgan fingerprint density at radius 1 is 1.26 bits per heavy atom. The fourth-order valence-electron chi connectivity index (χ4n) is 3.95. The topological polar surface area (TPSA) is 58.7 Å². The van der Waals surface area contributed by atoms with E-state index in [9.17, 15) is 5.11 Å². The van der Waals surface area contributed by atoms with E-state index in [1.807, 2.05) is 12.1 Å². The van der Waals surface area contributed by atoms with Crippen molar-refractivity contribution in [2.24, 2.45) is 11.7 Å². The van der Waals surface area contributed by atoms with Gasteiger partial charge in [-0.25, -0.2) is 0 Å². The van der Waals surface area contributed by atoms with Crippen LogP contribution in [-0.4, -0.2) is 36.8 Å². The van der Waals surface area contributed by atoms with Crippen molar-refractivity contribution in [2.45, 2.75) is 18.9 Å². The third kappa shape index (κ3) is 4.83. The minimum absolute atomic E-state index is 0. The standard InChI is InChI=1S/C22H28N2O2.ClH/c1-3-7-18-10-16(11-21(26-2)22(18)25)13-24-14-19(12-23)20(15-24)17-8-5-4-6-9-17;/h3-6,8-11,19-20,25H,1,7,12-15,23H2,2H3;1H/t19-,20+;/m1./s1. The van der Waals surface area contributed by atoms with Crippen LogP contribution in [0, 0.1) is 5.92 Å². The molecule has 0 amide bonds. The molecule has 1 saturated heterocycles. The van der Waals surface area contributed by atoms with Crippen LogP contribution in [0.5, 0.6) is 11.5 Å². The molecular formula is C22H29ClN2O2. The Bertz CT molecular complexity index is 751. The molecule has 2 aromatic carbocycles. The van der Waals surface area contributed by atoms with Crippen molar-refractivity contribution >= 4 is 12.4 Å². The molecule has 1 aliphatic heterocycles. The van der Waals surface area contributed by atoms with Gasteiger partial charge in [-0.1, -0.05) is 42.5 Å². The molecule has 4 nitrogen and oxygen atoms in total. The average Bonchev–Trinajstić information content (AvgIpc) is 3.08. The lowest BCUT2D eigenvalue weighted by Crippen LogP contribution is -2.23. The first kappa shape index (κ1) is 21.3. The number of allylic oxidation sites excluding steroid dienone is 1. The molecular weight excluding hydrogens is 360 g/mol. The summed E-state index contributed by atoms with van der Waals surface area (Å²) in [7, 11) is 1.59. The summed E-state index contributed by atoms with van der Waals surface area (Å²) in [4.78, 5) is 2.44. The lowest BCUT2D eigenvalue weighted by atomic mass is 9.89. The summed E-state index contributed by atoms with van der Waals surface area (Å²) in [5.41, 5.74) is 9.41. The zero-order chi connectivity index (χ0) is 18.5. The van der Waals surface area contributed by atoms with Gasteiger partial charge in [0.1, 0.15) is 0 Å². The first-order valence-corrected chi connectivity index (χ1v) is 9.13. The Balaban J connectivity index is 0.00000261. The van der Waals surface area contributed by atoms with Gasteiger partial charge >= 0.3 is 0 Å². The lowest BCUT2D eigenvalue weighted by Gasteiger charge is -2.18. The van der Waals surface area contributed by atoms with E-state index in [1.165, 1.54) is 5.56 Å². The molecule has 0 bridgehead atoms. The quantitative estimate of drug-likeness (QED) is 0.709. The molecule has 0 saturated carbocycles. The SMILES string of the molecule is C=CCc1cc(CN2C[C@@H](CN)[C@H](c3ccccc3)C2)cc(OC)c1O.Cl. The van der Waals surface area contributed by atoms with Crippen LogP contribution in [-0.2, 0) is 13.0 Å². The van der Waals surface area contributed by atoms with Gasteiger partial charge in [0.25, 0.3) is 0 Å². The van der Waals surface area contributed by atoms with Gasteiger partial charge in [0.15, 0.2) is 11.5 Å². The van der Waals surface area contributed by atoms with Crippen LogP contribution in [0.15, 0.2) is 55.1 Å². The zero-order valence-corrected chi connectivity index (χ0v) is 16.6. The van der Waals surface area contributed by atoms with Crippen LogP contribution in [0.3, 0.4) is 0 Å². The monoisotopic (exact) mass is 388 g/mol. The highest BCUT2D eigenvalue weighted by Gasteiger charge is 2.32. The Hall–Kier alpha value is -2.01. The predicted molar refractivity (Wildman–Crippen MR) is 113 cm³/mol. The molecule has 0 unspecified atom stereocenters. The molecule has 2 atom stereocenters. The number of rotatable bonds is 7. The molecule has 1 aliphatic rings. The predicted octanol–water partition coefficient (Wildman–Crippen LogP) is 3.73. The van der Waals surface area contributed by atoms with Crippen molar-refractivity contribution in [3.63, 3.8) is 0 Å². The lowest BCUT2D eigenvalue weighted by molar-refractivity contribution is 0.314. The van der Waals surface area contributed by atoms with Gasteiger partial charge < -0.3 is 15.6 Å². The van der Waals surface area contributed by atoms with Gasteiger partial charge in [-0.05, 0) is 36.1 Å². The van der Waals surface area contributed by atoms with E-state index < -0.39 is 0 Å². The van der Waals surface area contributed by atoms with Gasteiger partial charge in [-0.2, -0.15) is 0 Å². The number of hydrogen-bond donors (Lipinski definition) is 2.